The van der Waals surface area contributed by atoms with Crippen LogP contribution >= 0.6 is 0 Å². The van der Waals surface area contributed by atoms with Crippen LogP contribution in [0.4, 0.5) is 0 Å². The van der Waals surface area contributed by atoms with Crippen LogP contribution in [0.25, 0.3) is 0 Å². The Morgan fingerprint density at radius 1 is 0.758 bits per heavy atom. The summed E-state index contributed by atoms with van der Waals surface area (Å²) in [5, 5.41) is 0. The third kappa shape index (κ3) is 10.00. The van der Waals surface area contributed by atoms with Gasteiger partial charge in [0, 0.05) is 6.61 Å². The minimum atomic E-state index is -0.366. The molecule has 0 radical (unpaired) electrons. The number of carbonyl (C=O) groups excluding carboxylic acids is 1. The zero-order chi connectivity index (χ0) is 23.9. The number of carbonyl (C=O) groups is 1. The second kappa shape index (κ2) is 15.5. The summed E-state index contributed by atoms with van der Waals surface area (Å²) in [6.45, 7) is 9.40. The standard InChI is InChI=1S/C29H42O4/c1-5-8-10-11-22-31-23(4)24-14-16-25(17-15-24)29(30)33-28-20-18-27(19-21-28)32-26(12-7-3)13-9-6-2/h14-21,23,26H,5-13,22H2,1-4H3. The van der Waals surface area contributed by atoms with Crippen molar-refractivity contribution >= 4 is 5.97 Å². The molecule has 0 heterocycles. The Balaban J connectivity index is 1.85. The van der Waals surface area contributed by atoms with Gasteiger partial charge in [-0.2, -0.15) is 0 Å². The van der Waals surface area contributed by atoms with Crippen LogP contribution in [0.5, 0.6) is 11.5 Å². The van der Waals surface area contributed by atoms with Crippen molar-refractivity contribution in [1.82, 2.24) is 0 Å². The van der Waals surface area contributed by atoms with E-state index in [0.29, 0.717) is 11.3 Å². The fourth-order valence-electron chi connectivity index (χ4n) is 3.74. The van der Waals surface area contributed by atoms with E-state index in [9.17, 15) is 4.79 Å². The van der Waals surface area contributed by atoms with E-state index < -0.39 is 0 Å². The smallest absolute Gasteiger partial charge is 0.343 e. The maximum atomic E-state index is 12.5. The van der Waals surface area contributed by atoms with E-state index >= 15 is 0 Å². The first-order valence-corrected chi connectivity index (χ1v) is 12.8. The molecule has 0 saturated heterocycles. The van der Waals surface area contributed by atoms with Gasteiger partial charge in [-0.3, -0.25) is 0 Å². The van der Waals surface area contributed by atoms with E-state index in [-0.39, 0.29) is 18.2 Å². The van der Waals surface area contributed by atoms with Gasteiger partial charge in [-0.05, 0) is 68.1 Å². The summed E-state index contributed by atoms with van der Waals surface area (Å²) in [5.74, 6) is 0.966. The van der Waals surface area contributed by atoms with Crippen LogP contribution in [0.1, 0.15) is 108 Å². The molecule has 33 heavy (non-hydrogen) atoms. The normalized spacial score (nSPS) is 12.8. The Morgan fingerprint density at radius 3 is 2.06 bits per heavy atom. The summed E-state index contributed by atoms with van der Waals surface area (Å²) in [6, 6.07) is 14.8. The van der Waals surface area contributed by atoms with Crippen molar-refractivity contribution in [2.75, 3.05) is 6.61 Å². The second-order valence-electron chi connectivity index (χ2n) is 8.73. The molecule has 2 rings (SSSR count). The molecular formula is C29H42O4. The number of hydrogen-bond acceptors (Lipinski definition) is 4. The first kappa shape index (κ1) is 26.9. The lowest BCUT2D eigenvalue weighted by Gasteiger charge is -2.18. The van der Waals surface area contributed by atoms with Gasteiger partial charge in [0.2, 0.25) is 0 Å². The minimum Gasteiger partial charge on any atom is -0.490 e. The molecular weight excluding hydrogens is 412 g/mol. The molecule has 0 aliphatic heterocycles. The average molecular weight is 455 g/mol. The molecule has 0 fully saturated rings. The van der Waals surface area contributed by atoms with Crippen LogP contribution in [0.15, 0.2) is 48.5 Å². The van der Waals surface area contributed by atoms with E-state index in [0.717, 1.165) is 43.6 Å². The van der Waals surface area contributed by atoms with E-state index in [1.54, 1.807) is 24.3 Å². The first-order valence-electron chi connectivity index (χ1n) is 12.8. The van der Waals surface area contributed by atoms with Gasteiger partial charge in [-0.1, -0.05) is 71.4 Å². The number of ether oxygens (including phenoxy) is 3. The molecule has 0 amide bonds. The van der Waals surface area contributed by atoms with Crippen LogP contribution in [-0.2, 0) is 4.74 Å². The van der Waals surface area contributed by atoms with Crippen molar-refractivity contribution in [2.24, 2.45) is 0 Å². The quantitative estimate of drug-likeness (QED) is 0.145. The van der Waals surface area contributed by atoms with Crippen LogP contribution in [0.2, 0.25) is 0 Å². The number of esters is 1. The number of benzene rings is 2. The van der Waals surface area contributed by atoms with Crippen LogP contribution in [0, 0.1) is 0 Å². The van der Waals surface area contributed by atoms with Crippen LogP contribution in [0.3, 0.4) is 0 Å². The number of hydrogen-bond donors (Lipinski definition) is 0. The highest BCUT2D eigenvalue weighted by atomic mass is 16.5. The minimum absolute atomic E-state index is 0.0121. The van der Waals surface area contributed by atoms with E-state index in [1.165, 1.54) is 32.1 Å². The largest absolute Gasteiger partial charge is 0.490 e. The molecule has 2 unspecified atom stereocenters. The van der Waals surface area contributed by atoms with E-state index in [2.05, 4.69) is 20.8 Å². The SMILES string of the molecule is CCCCCCOC(C)c1ccc(C(=O)Oc2ccc(OC(CCC)CCCC)cc2)cc1. The third-order valence-electron chi connectivity index (χ3n) is 5.81. The van der Waals surface area contributed by atoms with Gasteiger partial charge in [0.05, 0.1) is 17.8 Å². The fourth-order valence-corrected chi connectivity index (χ4v) is 3.74. The highest BCUT2D eigenvalue weighted by molar-refractivity contribution is 5.91. The molecule has 4 nitrogen and oxygen atoms in total. The molecule has 0 saturated carbocycles. The topological polar surface area (TPSA) is 44.8 Å². The molecule has 2 aromatic rings. The zero-order valence-electron chi connectivity index (χ0n) is 21.0. The van der Waals surface area contributed by atoms with Crippen molar-refractivity contribution in [3.8, 4) is 11.5 Å². The van der Waals surface area contributed by atoms with Crippen LogP contribution < -0.4 is 9.47 Å². The Morgan fingerprint density at radius 2 is 1.42 bits per heavy atom. The lowest BCUT2D eigenvalue weighted by atomic mass is 10.1. The Kier molecular flexibility index (Phi) is 12.6. The summed E-state index contributed by atoms with van der Waals surface area (Å²) < 4.78 is 17.6. The predicted octanol–water partition coefficient (Wildman–Crippen LogP) is 8.30. The van der Waals surface area contributed by atoms with E-state index in [1.807, 2.05) is 31.2 Å². The summed E-state index contributed by atoms with van der Waals surface area (Å²) in [6.07, 6.45) is 10.6. The van der Waals surface area contributed by atoms with Gasteiger partial charge in [0.15, 0.2) is 0 Å². The molecule has 2 atom stereocenters. The van der Waals surface area contributed by atoms with Gasteiger partial charge in [0.25, 0.3) is 0 Å². The van der Waals surface area contributed by atoms with Crippen molar-refractivity contribution in [3.63, 3.8) is 0 Å². The average Bonchev–Trinajstić information content (AvgIpc) is 2.83. The van der Waals surface area contributed by atoms with Gasteiger partial charge in [0.1, 0.15) is 11.5 Å². The van der Waals surface area contributed by atoms with Gasteiger partial charge < -0.3 is 14.2 Å². The Bertz CT molecular complexity index is 782. The monoisotopic (exact) mass is 454 g/mol. The Hall–Kier alpha value is -2.33. The fraction of sp³-hybridized carbons (Fsp3) is 0.552. The molecule has 0 N–H and O–H groups in total. The maximum Gasteiger partial charge on any atom is 0.343 e. The zero-order valence-corrected chi connectivity index (χ0v) is 21.0. The number of unbranched alkanes of at least 4 members (excludes halogenated alkanes) is 4. The first-order chi connectivity index (χ1) is 16.1. The third-order valence-corrected chi connectivity index (χ3v) is 5.81. The summed E-state index contributed by atoms with van der Waals surface area (Å²) >= 11 is 0. The van der Waals surface area contributed by atoms with Gasteiger partial charge in [-0.15, -0.1) is 0 Å². The summed E-state index contributed by atoms with van der Waals surface area (Å²) in [5.41, 5.74) is 1.59. The maximum absolute atomic E-state index is 12.5. The highest BCUT2D eigenvalue weighted by Crippen LogP contribution is 2.23. The summed E-state index contributed by atoms with van der Waals surface area (Å²) in [7, 11) is 0. The van der Waals surface area contributed by atoms with Gasteiger partial charge >= 0.3 is 5.97 Å². The Labute approximate surface area is 200 Å². The molecule has 0 bridgehead atoms. The van der Waals surface area contributed by atoms with Gasteiger partial charge in [-0.25, -0.2) is 4.79 Å². The predicted molar refractivity (Wildman–Crippen MR) is 135 cm³/mol. The number of rotatable bonds is 16. The van der Waals surface area contributed by atoms with Crippen molar-refractivity contribution < 1.29 is 19.0 Å². The van der Waals surface area contributed by atoms with Crippen molar-refractivity contribution in [2.45, 2.75) is 97.7 Å². The second-order valence-corrected chi connectivity index (χ2v) is 8.73. The van der Waals surface area contributed by atoms with Crippen molar-refractivity contribution in [1.29, 1.82) is 0 Å². The molecule has 4 heteroatoms. The summed E-state index contributed by atoms with van der Waals surface area (Å²) in [4.78, 5) is 12.5. The molecule has 2 aromatic carbocycles. The molecule has 0 aromatic heterocycles. The molecule has 0 aliphatic carbocycles. The van der Waals surface area contributed by atoms with Crippen molar-refractivity contribution in [3.05, 3.63) is 59.7 Å². The highest BCUT2D eigenvalue weighted by Gasteiger charge is 2.12. The lowest BCUT2D eigenvalue weighted by Crippen LogP contribution is -2.16. The molecule has 0 spiro atoms. The lowest BCUT2D eigenvalue weighted by molar-refractivity contribution is 0.0626. The van der Waals surface area contributed by atoms with E-state index in [4.69, 9.17) is 14.2 Å². The molecule has 0 aliphatic rings. The molecule has 182 valence electrons. The van der Waals surface area contributed by atoms with Crippen LogP contribution in [-0.4, -0.2) is 18.7 Å².